The van der Waals surface area contributed by atoms with Crippen molar-refractivity contribution in [2.75, 3.05) is 13.9 Å². The molecule has 0 N–H and O–H groups in total. The molecule has 0 heterocycles. The van der Waals surface area contributed by atoms with E-state index >= 15 is 0 Å². The SMILES string of the molecule is COCO[C@H]1CC[C@]2(C)[C@H](CC[C@@H]3C[C@]4(C)C(C#N)=CC[C@@H]4C[C@H]32)C1. The smallest absolute Gasteiger partial charge is 0.146 e. The molecule has 0 amide bonds. The van der Waals surface area contributed by atoms with E-state index in [9.17, 15) is 5.26 Å². The van der Waals surface area contributed by atoms with Crippen molar-refractivity contribution >= 4 is 0 Å². The van der Waals surface area contributed by atoms with Gasteiger partial charge in [0.05, 0.1) is 12.2 Å². The highest BCUT2D eigenvalue weighted by Crippen LogP contribution is 2.65. The number of ether oxygens (including phenoxy) is 2. The van der Waals surface area contributed by atoms with E-state index in [2.05, 4.69) is 26.0 Å². The van der Waals surface area contributed by atoms with Crippen molar-refractivity contribution in [3.63, 3.8) is 0 Å². The normalized spacial score (nSPS) is 48.7. The molecular weight excluding hydrogens is 310 g/mol. The fourth-order valence-corrected chi connectivity index (χ4v) is 7.12. The molecule has 4 rings (SSSR count). The molecule has 7 atom stereocenters. The molecule has 3 heteroatoms. The number of nitrogens with zero attached hydrogens (tertiary/aromatic N) is 1. The number of allylic oxidation sites excluding steroid dienone is 2. The van der Waals surface area contributed by atoms with Gasteiger partial charge in [-0.1, -0.05) is 19.9 Å². The molecular formula is C22H33NO2. The maximum absolute atomic E-state index is 9.56. The average molecular weight is 344 g/mol. The molecule has 0 aromatic carbocycles. The van der Waals surface area contributed by atoms with Crippen molar-refractivity contribution in [3.05, 3.63) is 11.6 Å². The second-order valence-corrected chi connectivity index (χ2v) is 9.64. The van der Waals surface area contributed by atoms with Gasteiger partial charge < -0.3 is 9.47 Å². The van der Waals surface area contributed by atoms with Crippen LogP contribution in [0.25, 0.3) is 0 Å². The third-order valence-corrected chi connectivity index (χ3v) is 8.68. The standard InChI is InChI=1S/C22H33NO2/c1-21-9-8-19(25-14-24-3)10-16(21)5-4-15-12-22(2)17(11-20(15)21)6-7-18(22)13-23/h7,15-17,19-20H,4-6,8-12,14H2,1-3H3/t15-,16-,17-,19+,20-,21-,22+/m1/s1. The first-order valence-corrected chi connectivity index (χ1v) is 10.2. The molecule has 0 radical (unpaired) electrons. The summed E-state index contributed by atoms with van der Waals surface area (Å²) in [7, 11) is 1.71. The summed E-state index contributed by atoms with van der Waals surface area (Å²) < 4.78 is 11.0. The predicted octanol–water partition coefficient (Wildman–Crippen LogP) is 5.08. The molecule has 3 fully saturated rings. The third kappa shape index (κ3) is 2.68. The van der Waals surface area contributed by atoms with Gasteiger partial charge in [0, 0.05) is 18.1 Å². The second kappa shape index (κ2) is 6.39. The van der Waals surface area contributed by atoms with Crippen molar-refractivity contribution in [3.8, 4) is 6.07 Å². The van der Waals surface area contributed by atoms with Gasteiger partial charge in [-0.3, -0.25) is 0 Å². The zero-order valence-electron chi connectivity index (χ0n) is 16.1. The fourth-order valence-electron chi connectivity index (χ4n) is 7.12. The Morgan fingerprint density at radius 1 is 1.20 bits per heavy atom. The van der Waals surface area contributed by atoms with Gasteiger partial charge in [-0.15, -0.1) is 0 Å². The van der Waals surface area contributed by atoms with Gasteiger partial charge in [0.15, 0.2) is 0 Å². The summed E-state index contributed by atoms with van der Waals surface area (Å²) >= 11 is 0. The Kier molecular flexibility index (Phi) is 4.49. The van der Waals surface area contributed by atoms with Crippen LogP contribution >= 0.6 is 0 Å². The van der Waals surface area contributed by atoms with Gasteiger partial charge in [0.25, 0.3) is 0 Å². The van der Waals surface area contributed by atoms with E-state index in [1.165, 1.54) is 44.9 Å². The van der Waals surface area contributed by atoms with Crippen molar-refractivity contribution in [1.29, 1.82) is 5.26 Å². The minimum atomic E-state index is 0.165. The van der Waals surface area contributed by atoms with Gasteiger partial charge in [-0.05, 0) is 80.5 Å². The zero-order chi connectivity index (χ0) is 17.7. The van der Waals surface area contributed by atoms with Gasteiger partial charge in [-0.25, -0.2) is 0 Å². The van der Waals surface area contributed by atoms with Crippen LogP contribution in [0.2, 0.25) is 0 Å². The van der Waals surface area contributed by atoms with E-state index in [-0.39, 0.29) is 5.41 Å². The number of hydrogen-bond acceptors (Lipinski definition) is 3. The highest BCUT2D eigenvalue weighted by molar-refractivity contribution is 5.35. The number of hydrogen-bond donors (Lipinski definition) is 0. The summed E-state index contributed by atoms with van der Waals surface area (Å²) in [6.45, 7) is 5.39. The minimum Gasteiger partial charge on any atom is -0.359 e. The molecule has 25 heavy (non-hydrogen) atoms. The van der Waals surface area contributed by atoms with Crippen molar-refractivity contribution in [2.24, 2.45) is 34.5 Å². The largest absolute Gasteiger partial charge is 0.359 e. The summed E-state index contributed by atoms with van der Waals surface area (Å²) in [4.78, 5) is 0. The van der Waals surface area contributed by atoms with Gasteiger partial charge in [0.1, 0.15) is 6.79 Å². The van der Waals surface area contributed by atoms with E-state index in [1.54, 1.807) is 7.11 Å². The van der Waals surface area contributed by atoms with Gasteiger partial charge in [0.2, 0.25) is 0 Å². The summed E-state index contributed by atoms with van der Waals surface area (Å²) in [6.07, 6.45) is 12.7. The summed E-state index contributed by atoms with van der Waals surface area (Å²) in [5.74, 6) is 3.16. The topological polar surface area (TPSA) is 42.2 Å². The lowest BCUT2D eigenvalue weighted by molar-refractivity contribution is -0.143. The Balaban J connectivity index is 1.51. The van der Waals surface area contributed by atoms with Crippen molar-refractivity contribution in [2.45, 2.75) is 71.3 Å². The van der Waals surface area contributed by atoms with E-state index in [0.29, 0.717) is 24.2 Å². The average Bonchev–Trinajstić information content (AvgIpc) is 2.93. The first-order valence-electron chi connectivity index (χ1n) is 10.2. The van der Waals surface area contributed by atoms with Crippen LogP contribution < -0.4 is 0 Å². The molecule has 0 aliphatic heterocycles. The van der Waals surface area contributed by atoms with Crippen LogP contribution in [-0.2, 0) is 9.47 Å². The van der Waals surface area contributed by atoms with Gasteiger partial charge >= 0.3 is 0 Å². The number of nitriles is 1. The fraction of sp³-hybridized carbons (Fsp3) is 0.864. The Hall–Kier alpha value is -0.850. The lowest BCUT2D eigenvalue weighted by Crippen LogP contribution is -2.52. The summed E-state index contributed by atoms with van der Waals surface area (Å²) in [5.41, 5.74) is 1.73. The Labute approximate surface area is 152 Å². The molecule has 0 bridgehead atoms. The first kappa shape index (κ1) is 17.6. The first-order chi connectivity index (χ1) is 12.0. The van der Waals surface area contributed by atoms with Crippen LogP contribution in [0, 0.1) is 45.8 Å². The zero-order valence-corrected chi connectivity index (χ0v) is 16.1. The van der Waals surface area contributed by atoms with Crippen LogP contribution in [0.15, 0.2) is 11.6 Å². The summed E-state index contributed by atoms with van der Waals surface area (Å²) in [6, 6.07) is 2.52. The van der Waals surface area contributed by atoms with Crippen molar-refractivity contribution < 1.29 is 9.47 Å². The Morgan fingerprint density at radius 3 is 2.80 bits per heavy atom. The second-order valence-electron chi connectivity index (χ2n) is 9.64. The highest BCUT2D eigenvalue weighted by atomic mass is 16.7. The molecule has 3 saturated carbocycles. The molecule has 138 valence electrons. The molecule has 4 aliphatic carbocycles. The number of fused-ring (bicyclic) bond motifs is 4. The van der Waals surface area contributed by atoms with Crippen LogP contribution in [0.4, 0.5) is 0 Å². The molecule has 3 nitrogen and oxygen atoms in total. The molecule has 0 aromatic rings. The minimum absolute atomic E-state index is 0.165. The molecule has 0 unspecified atom stereocenters. The number of methoxy groups -OCH3 is 1. The molecule has 0 spiro atoms. The number of rotatable bonds is 3. The Morgan fingerprint density at radius 2 is 2.04 bits per heavy atom. The molecule has 0 saturated heterocycles. The van der Waals surface area contributed by atoms with Crippen LogP contribution in [-0.4, -0.2) is 20.0 Å². The van der Waals surface area contributed by atoms with E-state index in [0.717, 1.165) is 29.7 Å². The van der Waals surface area contributed by atoms with E-state index in [1.807, 2.05) is 0 Å². The maximum Gasteiger partial charge on any atom is 0.146 e. The quantitative estimate of drug-likeness (QED) is 0.671. The van der Waals surface area contributed by atoms with E-state index < -0.39 is 0 Å². The monoisotopic (exact) mass is 343 g/mol. The lowest BCUT2D eigenvalue weighted by Gasteiger charge is -2.60. The van der Waals surface area contributed by atoms with Crippen LogP contribution in [0.5, 0.6) is 0 Å². The van der Waals surface area contributed by atoms with Crippen molar-refractivity contribution in [1.82, 2.24) is 0 Å². The Bertz CT molecular complexity index is 593. The lowest BCUT2D eigenvalue weighted by atomic mass is 9.45. The van der Waals surface area contributed by atoms with E-state index in [4.69, 9.17) is 9.47 Å². The van der Waals surface area contributed by atoms with Gasteiger partial charge in [-0.2, -0.15) is 5.26 Å². The predicted molar refractivity (Wildman–Crippen MR) is 97.6 cm³/mol. The van der Waals surface area contributed by atoms with Crippen LogP contribution in [0.1, 0.15) is 65.2 Å². The highest BCUT2D eigenvalue weighted by Gasteiger charge is 2.57. The maximum atomic E-state index is 9.56. The summed E-state index contributed by atoms with van der Waals surface area (Å²) in [5, 5.41) is 9.56. The molecule has 0 aromatic heterocycles. The van der Waals surface area contributed by atoms with Crippen LogP contribution in [0.3, 0.4) is 0 Å². The molecule has 4 aliphatic rings. The third-order valence-electron chi connectivity index (χ3n) is 8.68.